The zero-order chi connectivity index (χ0) is 13.9. The van der Waals surface area contributed by atoms with Gasteiger partial charge in [0.1, 0.15) is 0 Å². The van der Waals surface area contributed by atoms with Gasteiger partial charge in [0.2, 0.25) is 0 Å². The number of hydrogen-bond donors (Lipinski definition) is 1. The molecule has 0 spiro atoms. The molecule has 0 bridgehead atoms. The number of thioether (sulfide) groups is 1. The van der Waals surface area contributed by atoms with E-state index in [1.54, 1.807) is 11.8 Å². The van der Waals surface area contributed by atoms with Crippen molar-refractivity contribution in [3.63, 3.8) is 0 Å². The van der Waals surface area contributed by atoms with Crippen LogP contribution in [0.3, 0.4) is 0 Å². The van der Waals surface area contributed by atoms with Crippen molar-refractivity contribution in [3.05, 3.63) is 41.2 Å². The molecule has 0 saturated heterocycles. The third-order valence-corrected chi connectivity index (χ3v) is 4.35. The smallest absolute Gasteiger partial charge is 0.159 e. The first kappa shape index (κ1) is 13.6. The molecule has 3 nitrogen and oxygen atoms in total. The van der Waals surface area contributed by atoms with E-state index in [9.17, 15) is 0 Å². The molecule has 0 radical (unpaired) electrons. The lowest BCUT2D eigenvalue weighted by Crippen LogP contribution is -2.03. The molecule has 0 atom stereocenters. The van der Waals surface area contributed by atoms with Crippen molar-refractivity contribution in [2.45, 2.75) is 37.8 Å². The summed E-state index contributed by atoms with van der Waals surface area (Å²) in [5.41, 5.74) is 4.81. The number of nitrogens with one attached hydrogen (secondary N) is 1. The standard InChI is InChI=1S/C16H19N3S/c1-3-4-14-13-9-17-10-15(13)19-16(18-14)11-5-7-12(20-2)8-6-11/h5-8,17H,3-4,9-10H2,1-2H3. The summed E-state index contributed by atoms with van der Waals surface area (Å²) in [6.07, 6.45) is 4.24. The predicted octanol–water partition coefficient (Wildman–Crippen LogP) is 3.42. The van der Waals surface area contributed by atoms with E-state index < -0.39 is 0 Å². The second-order valence-electron chi connectivity index (χ2n) is 5.00. The fraction of sp³-hybridized carbons (Fsp3) is 0.375. The first-order chi connectivity index (χ1) is 9.81. The molecule has 1 N–H and O–H groups in total. The van der Waals surface area contributed by atoms with Gasteiger partial charge in [-0.3, -0.25) is 0 Å². The topological polar surface area (TPSA) is 37.8 Å². The largest absolute Gasteiger partial charge is 0.307 e. The first-order valence-corrected chi connectivity index (χ1v) is 8.28. The van der Waals surface area contributed by atoms with Crippen molar-refractivity contribution in [2.75, 3.05) is 6.26 Å². The summed E-state index contributed by atoms with van der Waals surface area (Å²) in [7, 11) is 0. The Morgan fingerprint density at radius 1 is 1.15 bits per heavy atom. The SMILES string of the molecule is CCCc1nc(-c2ccc(SC)cc2)nc2c1CNC2. The van der Waals surface area contributed by atoms with Crippen LogP contribution in [-0.4, -0.2) is 16.2 Å². The second kappa shape index (κ2) is 5.94. The summed E-state index contributed by atoms with van der Waals surface area (Å²) >= 11 is 1.75. The van der Waals surface area contributed by atoms with Gasteiger partial charge in [-0.1, -0.05) is 25.5 Å². The van der Waals surface area contributed by atoms with E-state index in [0.29, 0.717) is 0 Å². The Hall–Kier alpha value is -1.39. The number of nitrogens with zero attached hydrogens (tertiary/aromatic N) is 2. The van der Waals surface area contributed by atoms with Crippen LogP contribution in [-0.2, 0) is 19.5 Å². The molecule has 20 heavy (non-hydrogen) atoms. The summed E-state index contributed by atoms with van der Waals surface area (Å²) in [6, 6.07) is 8.50. The molecule has 0 amide bonds. The first-order valence-electron chi connectivity index (χ1n) is 7.05. The highest BCUT2D eigenvalue weighted by atomic mass is 32.2. The zero-order valence-corrected chi connectivity index (χ0v) is 12.8. The molecule has 1 aliphatic heterocycles. The van der Waals surface area contributed by atoms with Gasteiger partial charge < -0.3 is 5.32 Å². The van der Waals surface area contributed by atoms with Gasteiger partial charge in [0.15, 0.2) is 5.82 Å². The molecular formula is C16H19N3S. The number of rotatable bonds is 4. The number of aryl methyl sites for hydroxylation is 1. The number of fused-ring (bicyclic) bond motifs is 1. The highest BCUT2D eigenvalue weighted by Crippen LogP contribution is 2.25. The van der Waals surface area contributed by atoms with Crippen molar-refractivity contribution in [1.29, 1.82) is 0 Å². The maximum absolute atomic E-state index is 4.80. The van der Waals surface area contributed by atoms with Crippen LogP contribution in [0.1, 0.15) is 30.3 Å². The quantitative estimate of drug-likeness (QED) is 0.874. The summed E-state index contributed by atoms with van der Waals surface area (Å²) < 4.78 is 0. The molecule has 0 fully saturated rings. The van der Waals surface area contributed by atoms with Crippen LogP contribution in [0.4, 0.5) is 0 Å². The molecule has 1 aromatic carbocycles. The highest BCUT2D eigenvalue weighted by Gasteiger charge is 2.18. The Bertz CT molecular complexity index is 608. The van der Waals surface area contributed by atoms with E-state index in [0.717, 1.165) is 37.3 Å². The molecule has 0 unspecified atom stereocenters. The summed E-state index contributed by atoms with van der Waals surface area (Å²) in [4.78, 5) is 10.8. The lowest BCUT2D eigenvalue weighted by Gasteiger charge is -2.09. The predicted molar refractivity (Wildman–Crippen MR) is 83.8 cm³/mol. The molecule has 2 heterocycles. The van der Waals surface area contributed by atoms with Gasteiger partial charge >= 0.3 is 0 Å². The molecule has 0 saturated carbocycles. The van der Waals surface area contributed by atoms with Crippen LogP contribution in [0.2, 0.25) is 0 Å². The highest BCUT2D eigenvalue weighted by molar-refractivity contribution is 7.98. The molecule has 104 valence electrons. The third kappa shape index (κ3) is 2.58. The maximum Gasteiger partial charge on any atom is 0.159 e. The molecule has 2 aromatic rings. The van der Waals surface area contributed by atoms with E-state index in [-0.39, 0.29) is 0 Å². The Balaban J connectivity index is 2.02. The van der Waals surface area contributed by atoms with Crippen molar-refractivity contribution in [3.8, 4) is 11.4 Å². The van der Waals surface area contributed by atoms with E-state index in [4.69, 9.17) is 9.97 Å². The normalized spacial score (nSPS) is 13.5. The Morgan fingerprint density at radius 3 is 2.65 bits per heavy atom. The average Bonchev–Trinajstić information content (AvgIpc) is 2.96. The van der Waals surface area contributed by atoms with Gasteiger partial charge in [-0.25, -0.2) is 9.97 Å². The number of benzene rings is 1. The molecule has 1 aliphatic rings. The van der Waals surface area contributed by atoms with E-state index in [1.807, 2.05) is 0 Å². The minimum atomic E-state index is 0.864. The van der Waals surface area contributed by atoms with Crippen LogP contribution >= 0.6 is 11.8 Å². The second-order valence-corrected chi connectivity index (χ2v) is 5.88. The van der Waals surface area contributed by atoms with Crippen molar-refractivity contribution in [1.82, 2.24) is 15.3 Å². The Labute approximate surface area is 124 Å². The molecule has 4 heteroatoms. The summed E-state index contributed by atoms with van der Waals surface area (Å²) in [6.45, 7) is 3.98. The zero-order valence-electron chi connectivity index (χ0n) is 11.9. The van der Waals surface area contributed by atoms with E-state index in [1.165, 1.54) is 21.8 Å². The van der Waals surface area contributed by atoms with Crippen LogP contribution < -0.4 is 5.32 Å². The Kier molecular flexibility index (Phi) is 4.03. The number of hydrogen-bond acceptors (Lipinski definition) is 4. The lowest BCUT2D eigenvalue weighted by molar-refractivity contribution is 0.753. The van der Waals surface area contributed by atoms with Crippen LogP contribution in [0.5, 0.6) is 0 Å². The summed E-state index contributed by atoms with van der Waals surface area (Å²) in [5, 5.41) is 3.38. The monoisotopic (exact) mass is 285 g/mol. The minimum Gasteiger partial charge on any atom is -0.307 e. The van der Waals surface area contributed by atoms with Crippen LogP contribution in [0.15, 0.2) is 29.2 Å². The molecule has 1 aromatic heterocycles. The van der Waals surface area contributed by atoms with Gasteiger partial charge in [0.05, 0.1) is 5.69 Å². The van der Waals surface area contributed by atoms with Gasteiger partial charge in [-0.05, 0) is 24.8 Å². The maximum atomic E-state index is 4.80. The molecular weight excluding hydrogens is 266 g/mol. The van der Waals surface area contributed by atoms with Gasteiger partial charge in [-0.15, -0.1) is 11.8 Å². The van der Waals surface area contributed by atoms with E-state index >= 15 is 0 Å². The van der Waals surface area contributed by atoms with Crippen LogP contribution in [0.25, 0.3) is 11.4 Å². The Morgan fingerprint density at radius 2 is 1.95 bits per heavy atom. The molecule has 3 rings (SSSR count). The molecule has 0 aliphatic carbocycles. The average molecular weight is 285 g/mol. The van der Waals surface area contributed by atoms with E-state index in [2.05, 4.69) is 42.8 Å². The van der Waals surface area contributed by atoms with Gasteiger partial charge in [-0.2, -0.15) is 0 Å². The van der Waals surface area contributed by atoms with Crippen LogP contribution in [0, 0.1) is 0 Å². The van der Waals surface area contributed by atoms with Crippen molar-refractivity contribution < 1.29 is 0 Å². The van der Waals surface area contributed by atoms with Crippen molar-refractivity contribution in [2.24, 2.45) is 0 Å². The lowest BCUT2D eigenvalue weighted by atomic mass is 10.1. The minimum absolute atomic E-state index is 0.864. The van der Waals surface area contributed by atoms with Crippen molar-refractivity contribution >= 4 is 11.8 Å². The van der Waals surface area contributed by atoms with Gasteiger partial charge in [0.25, 0.3) is 0 Å². The summed E-state index contributed by atoms with van der Waals surface area (Å²) in [5.74, 6) is 0.864. The fourth-order valence-corrected chi connectivity index (χ4v) is 2.96. The third-order valence-electron chi connectivity index (χ3n) is 3.61. The number of aromatic nitrogens is 2. The van der Waals surface area contributed by atoms with Gasteiger partial charge in [0, 0.05) is 34.8 Å². The fourth-order valence-electron chi connectivity index (χ4n) is 2.55.